The molecule has 2 aromatic carbocycles. The molecule has 0 aliphatic rings. The highest BCUT2D eigenvalue weighted by atomic mass is 19.1. The zero-order valence-corrected chi connectivity index (χ0v) is 12.0. The van der Waals surface area contributed by atoms with E-state index in [9.17, 15) is 9.18 Å². The van der Waals surface area contributed by atoms with Gasteiger partial charge in [-0.1, -0.05) is 30.3 Å². The van der Waals surface area contributed by atoms with Crippen LogP contribution < -0.4 is 0 Å². The fourth-order valence-electron chi connectivity index (χ4n) is 2.06. The Morgan fingerprint density at radius 3 is 2.45 bits per heavy atom. The van der Waals surface area contributed by atoms with Crippen LogP contribution >= 0.6 is 0 Å². The lowest BCUT2D eigenvalue weighted by molar-refractivity contribution is 0.0784. The van der Waals surface area contributed by atoms with E-state index in [1.807, 2.05) is 31.2 Å². The zero-order chi connectivity index (χ0) is 14.7. The summed E-state index contributed by atoms with van der Waals surface area (Å²) in [5.41, 5.74) is 3.16. The van der Waals surface area contributed by atoms with Gasteiger partial charge in [0, 0.05) is 19.2 Å². The van der Waals surface area contributed by atoms with Crippen LogP contribution in [0.5, 0.6) is 0 Å². The number of carbonyl (C=O) groups is 1. The number of nitrogens with zero attached hydrogens (tertiary/aromatic N) is 1. The number of hydrogen-bond acceptors (Lipinski definition) is 1. The normalized spacial score (nSPS) is 10.4. The van der Waals surface area contributed by atoms with E-state index in [-0.39, 0.29) is 11.7 Å². The van der Waals surface area contributed by atoms with Gasteiger partial charge in [-0.2, -0.15) is 0 Å². The van der Waals surface area contributed by atoms with Gasteiger partial charge >= 0.3 is 0 Å². The summed E-state index contributed by atoms with van der Waals surface area (Å²) in [6.45, 7) is 4.21. The van der Waals surface area contributed by atoms with Crippen LogP contribution in [0, 0.1) is 19.7 Å². The predicted octanol–water partition coefficient (Wildman–Crippen LogP) is 3.71. The highest BCUT2D eigenvalue weighted by molar-refractivity contribution is 5.94. The topological polar surface area (TPSA) is 20.3 Å². The molecular weight excluding hydrogens is 253 g/mol. The predicted molar refractivity (Wildman–Crippen MR) is 78.1 cm³/mol. The van der Waals surface area contributed by atoms with Gasteiger partial charge in [-0.15, -0.1) is 0 Å². The number of carbonyl (C=O) groups excluding carboxylic acids is 1. The molecule has 2 aromatic rings. The van der Waals surface area contributed by atoms with Gasteiger partial charge in [-0.3, -0.25) is 4.79 Å². The van der Waals surface area contributed by atoms with Crippen LogP contribution in [0.25, 0.3) is 0 Å². The van der Waals surface area contributed by atoms with E-state index in [0.29, 0.717) is 17.7 Å². The fourth-order valence-corrected chi connectivity index (χ4v) is 2.06. The Bertz CT molecular complexity index is 637. The van der Waals surface area contributed by atoms with Crippen molar-refractivity contribution in [3.05, 3.63) is 70.5 Å². The van der Waals surface area contributed by atoms with Gasteiger partial charge < -0.3 is 4.90 Å². The van der Waals surface area contributed by atoms with Crippen LogP contribution in [0.2, 0.25) is 0 Å². The first-order valence-corrected chi connectivity index (χ1v) is 6.55. The molecule has 0 spiro atoms. The molecule has 1 amide bonds. The Labute approximate surface area is 118 Å². The van der Waals surface area contributed by atoms with Crippen molar-refractivity contribution in [3.8, 4) is 0 Å². The monoisotopic (exact) mass is 271 g/mol. The third kappa shape index (κ3) is 3.05. The van der Waals surface area contributed by atoms with Crippen molar-refractivity contribution in [2.45, 2.75) is 20.4 Å². The van der Waals surface area contributed by atoms with Gasteiger partial charge in [0.2, 0.25) is 0 Å². The summed E-state index contributed by atoms with van der Waals surface area (Å²) in [4.78, 5) is 13.9. The van der Waals surface area contributed by atoms with Crippen molar-refractivity contribution in [1.82, 2.24) is 4.90 Å². The van der Waals surface area contributed by atoms with E-state index < -0.39 is 0 Å². The first-order valence-electron chi connectivity index (χ1n) is 6.55. The van der Waals surface area contributed by atoms with Crippen molar-refractivity contribution in [2.75, 3.05) is 7.05 Å². The third-order valence-corrected chi connectivity index (χ3v) is 3.43. The van der Waals surface area contributed by atoms with E-state index in [1.165, 1.54) is 6.07 Å². The Hall–Kier alpha value is -2.16. The molecule has 0 radical (unpaired) electrons. The second-order valence-corrected chi connectivity index (χ2v) is 5.05. The van der Waals surface area contributed by atoms with E-state index in [1.54, 1.807) is 31.0 Å². The molecule has 0 unspecified atom stereocenters. The minimum atomic E-state index is -0.347. The van der Waals surface area contributed by atoms with E-state index >= 15 is 0 Å². The van der Waals surface area contributed by atoms with Gasteiger partial charge in [0.05, 0.1) is 0 Å². The summed E-state index contributed by atoms with van der Waals surface area (Å²) in [6.07, 6.45) is 0. The second-order valence-electron chi connectivity index (χ2n) is 5.05. The highest BCUT2D eigenvalue weighted by Gasteiger charge is 2.14. The van der Waals surface area contributed by atoms with Crippen molar-refractivity contribution >= 4 is 5.91 Å². The maximum atomic E-state index is 13.5. The summed E-state index contributed by atoms with van der Waals surface area (Å²) in [6, 6.07) is 12.5. The molecule has 2 nitrogen and oxygen atoms in total. The molecule has 0 aromatic heterocycles. The lowest BCUT2D eigenvalue weighted by Gasteiger charge is -2.18. The molecule has 0 heterocycles. The van der Waals surface area contributed by atoms with Crippen LogP contribution in [-0.4, -0.2) is 17.9 Å². The Balaban J connectivity index is 2.16. The molecule has 0 fully saturated rings. The van der Waals surface area contributed by atoms with Gasteiger partial charge in [0.15, 0.2) is 0 Å². The van der Waals surface area contributed by atoms with Gasteiger partial charge in [-0.25, -0.2) is 4.39 Å². The standard InChI is InChI=1S/C17H18FNO/c1-12-6-4-5-7-15(12)11-19(3)17(20)14-9-8-13(2)16(18)10-14/h4-10H,11H2,1-3H3. The summed E-state index contributed by atoms with van der Waals surface area (Å²) < 4.78 is 13.5. The average Bonchev–Trinajstić information content (AvgIpc) is 2.43. The molecule has 0 saturated carbocycles. The smallest absolute Gasteiger partial charge is 0.253 e. The lowest BCUT2D eigenvalue weighted by Crippen LogP contribution is -2.26. The Morgan fingerprint density at radius 1 is 1.10 bits per heavy atom. The third-order valence-electron chi connectivity index (χ3n) is 3.43. The minimum Gasteiger partial charge on any atom is -0.337 e. The van der Waals surface area contributed by atoms with Gasteiger partial charge in [0.1, 0.15) is 5.82 Å². The minimum absolute atomic E-state index is 0.174. The van der Waals surface area contributed by atoms with Crippen molar-refractivity contribution < 1.29 is 9.18 Å². The average molecular weight is 271 g/mol. The maximum absolute atomic E-state index is 13.5. The van der Waals surface area contributed by atoms with E-state index in [0.717, 1.165) is 11.1 Å². The van der Waals surface area contributed by atoms with Crippen molar-refractivity contribution in [3.63, 3.8) is 0 Å². The van der Waals surface area contributed by atoms with Crippen molar-refractivity contribution in [2.24, 2.45) is 0 Å². The summed E-state index contributed by atoms with van der Waals surface area (Å²) in [7, 11) is 1.73. The molecule has 0 bridgehead atoms. The zero-order valence-electron chi connectivity index (χ0n) is 12.0. The maximum Gasteiger partial charge on any atom is 0.253 e. The number of rotatable bonds is 3. The summed E-state index contributed by atoms with van der Waals surface area (Å²) in [5.74, 6) is -0.521. The van der Waals surface area contributed by atoms with E-state index in [2.05, 4.69) is 0 Å². The first kappa shape index (κ1) is 14.3. The number of aryl methyl sites for hydroxylation is 2. The molecule has 0 N–H and O–H groups in total. The Morgan fingerprint density at radius 2 is 1.80 bits per heavy atom. The summed E-state index contributed by atoms with van der Waals surface area (Å²) in [5, 5.41) is 0. The van der Waals surface area contributed by atoms with Crippen LogP contribution in [0.4, 0.5) is 4.39 Å². The van der Waals surface area contributed by atoms with Gasteiger partial charge in [-0.05, 0) is 42.7 Å². The molecule has 2 rings (SSSR count). The largest absolute Gasteiger partial charge is 0.337 e. The van der Waals surface area contributed by atoms with Gasteiger partial charge in [0.25, 0.3) is 5.91 Å². The van der Waals surface area contributed by atoms with Crippen LogP contribution in [0.1, 0.15) is 27.0 Å². The number of hydrogen-bond donors (Lipinski definition) is 0. The fraction of sp³-hybridized carbons (Fsp3) is 0.235. The van der Waals surface area contributed by atoms with Crippen LogP contribution in [0.3, 0.4) is 0 Å². The quantitative estimate of drug-likeness (QED) is 0.833. The van der Waals surface area contributed by atoms with Crippen LogP contribution in [0.15, 0.2) is 42.5 Å². The van der Waals surface area contributed by atoms with Crippen molar-refractivity contribution in [1.29, 1.82) is 0 Å². The molecule has 3 heteroatoms. The lowest BCUT2D eigenvalue weighted by atomic mass is 10.1. The second kappa shape index (κ2) is 5.87. The number of benzene rings is 2. The van der Waals surface area contributed by atoms with E-state index in [4.69, 9.17) is 0 Å². The molecule has 104 valence electrons. The number of amides is 1. The Kier molecular flexibility index (Phi) is 4.18. The summed E-state index contributed by atoms with van der Waals surface area (Å²) >= 11 is 0. The van der Waals surface area contributed by atoms with Crippen LogP contribution in [-0.2, 0) is 6.54 Å². The molecular formula is C17H18FNO. The molecule has 0 aliphatic carbocycles. The molecule has 20 heavy (non-hydrogen) atoms. The first-order chi connectivity index (χ1) is 9.49. The molecule has 0 aliphatic heterocycles. The highest BCUT2D eigenvalue weighted by Crippen LogP contribution is 2.14. The number of halogens is 1. The SMILES string of the molecule is Cc1ccc(C(=O)N(C)Cc2ccccc2C)cc1F. The molecule has 0 atom stereocenters. The molecule has 0 saturated heterocycles.